The van der Waals surface area contributed by atoms with Gasteiger partial charge in [0.1, 0.15) is 5.78 Å². The van der Waals surface area contributed by atoms with Crippen LogP contribution in [0.3, 0.4) is 0 Å². The normalized spacial score (nSPS) is 38.6. The van der Waals surface area contributed by atoms with E-state index in [-0.39, 0.29) is 29.1 Å². The highest BCUT2D eigenvalue weighted by Gasteiger charge is 2.65. The number of sulfonamides is 1. The summed E-state index contributed by atoms with van der Waals surface area (Å²) in [6.45, 7) is 6.68. The molecule has 0 amide bonds. The molecule has 22 heavy (non-hydrogen) atoms. The topological polar surface area (TPSA) is 72.5 Å². The van der Waals surface area contributed by atoms with E-state index in [0.29, 0.717) is 25.4 Å². The van der Waals surface area contributed by atoms with Gasteiger partial charge in [-0.2, -0.15) is 0 Å². The maximum Gasteiger partial charge on any atom is 0.212 e. The molecular weight excluding hydrogens is 302 g/mol. The van der Waals surface area contributed by atoms with Gasteiger partial charge in [-0.25, -0.2) is 13.1 Å². The largest absolute Gasteiger partial charge is 0.377 e. The molecule has 0 unspecified atom stereocenters. The van der Waals surface area contributed by atoms with E-state index < -0.39 is 15.4 Å². The highest BCUT2D eigenvalue weighted by Crippen LogP contribution is 2.64. The zero-order chi connectivity index (χ0) is 16.2. The number of Topliss-reactive ketones (excluding diaryl/α,β-unsaturated/α-hetero) is 1. The van der Waals surface area contributed by atoms with Crippen molar-refractivity contribution in [1.29, 1.82) is 0 Å². The van der Waals surface area contributed by atoms with Crippen molar-refractivity contribution in [3.63, 3.8) is 0 Å². The lowest BCUT2D eigenvalue weighted by molar-refractivity contribution is -0.128. The minimum absolute atomic E-state index is 0.0455. The van der Waals surface area contributed by atoms with E-state index in [1.165, 1.54) is 0 Å². The first-order valence-corrected chi connectivity index (χ1v) is 9.98. The van der Waals surface area contributed by atoms with E-state index >= 15 is 0 Å². The van der Waals surface area contributed by atoms with Gasteiger partial charge in [0.15, 0.2) is 0 Å². The van der Waals surface area contributed by atoms with Crippen molar-refractivity contribution in [1.82, 2.24) is 4.72 Å². The second-order valence-corrected chi connectivity index (χ2v) is 9.64. The molecule has 0 aromatic carbocycles. The number of ketones is 1. The van der Waals surface area contributed by atoms with Gasteiger partial charge in [0.05, 0.1) is 11.9 Å². The van der Waals surface area contributed by atoms with Crippen LogP contribution in [0.15, 0.2) is 0 Å². The van der Waals surface area contributed by atoms with E-state index in [1.54, 1.807) is 0 Å². The molecule has 1 heterocycles. The van der Waals surface area contributed by atoms with Crippen LogP contribution in [0.2, 0.25) is 0 Å². The van der Waals surface area contributed by atoms with Gasteiger partial charge in [-0.3, -0.25) is 4.79 Å². The second-order valence-electron chi connectivity index (χ2n) is 7.88. The fourth-order valence-electron chi connectivity index (χ4n) is 4.83. The molecule has 0 radical (unpaired) electrons. The molecule has 1 N–H and O–H groups in total. The average Bonchev–Trinajstić information content (AvgIpc) is 3.04. The Morgan fingerprint density at radius 3 is 2.59 bits per heavy atom. The molecule has 3 aliphatic rings. The molecule has 2 aliphatic carbocycles. The van der Waals surface area contributed by atoms with Crippen molar-refractivity contribution < 1.29 is 17.9 Å². The first-order chi connectivity index (χ1) is 10.2. The molecule has 1 aliphatic heterocycles. The minimum atomic E-state index is -3.50. The number of fused-ring (bicyclic) bond motifs is 2. The zero-order valence-electron chi connectivity index (χ0n) is 13.7. The van der Waals surface area contributed by atoms with Crippen LogP contribution >= 0.6 is 0 Å². The highest BCUT2D eigenvalue weighted by molar-refractivity contribution is 7.89. The third-order valence-electron chi connectivity index (χ3n) is 6.46. The summed E-state index contributed by atoms with van der Waals surface area (Å²) in [4.78, 5) is 12.5. The predicted octanol–water partition coefficient (Wildman–Crippen LogP) is 1.87. The lowest BCUT2D eigenvalue weighted by Crippen LogP contribution is -2.49. The molecule has 0 aromatic rings. The summed E-state index contributed by atoms with van der Waals surface area (Å²) < 4.78 is 33.6. The molecule has 1 saturated heterocycles. The smallest absolute Gasteiger partial charge is 0.212 e. The zero-order valence-corrected chi connectivity index (χ0v) is 14.5. The number of ether oxygens (including phenoxy) is 1. The van der Waals surface area contributed by atoms with Gasteiger partial charge in [-0.05, 0) is 43.9 Å². The van der Waals surface area contributed by atoms with Crippen molar-refractivity contribution in [3.8, 4) is 0 Å². The van der Waals surface area contributed by atoms with E-state index in [9.17, 15) is 13.2 Å². The van der Waals surface area contributed by atoms with E-state index in [0.717, 1.165) is 19.3 Å². The summed E-state index contributed by atoms with van der Waals surface area (Å²) >= 11 is 0. The van der Waals surface area contributed by atoms with Gasteiger partial charge >= 0.3 is 0 Å². The van der Waals surface area contributed by atoms with Gasteiger partial charge in [-0.1, -0.05) is 13.8 Å². The third-order valence-corrected chi connectivity index (χ3v) is 8.07. The highest BCUT2D eigenvalue weighted by atomic mass is 32.2. The molecule has 126 valence electrons. The fourth-order valence-corrected chi connectivity index (χ4v) is 6.96. The molecular formula is C16H27NO4S. The van der Waals surface area contributed by atoms with Crippen molar-refractivity contribution in [2.45, 2.75) is 65.0 Å². The van der Waals surface area contributed by atoms with Crippen LogP contribution in [0.4, 0.5) is 0 Å². The first kappa shape index (κ1) is 16.4. The predicted molar refractivity (Wildman–Crippen MR) is 83.9 cm³/mol. The molecule has 0 aromatic heterocycles. The summed E-state index contributed by atoms with van der Waals surface area (Å²) in [7, 11) is -3.50. The van der Waals surface area contributed by atoms with Gasteiger partial charge in [0.25, 0.3) is 0 Å². The first-order valence-electron chi connectivity index (χ1n) is 8.33. The van der Waals surface area contributed by atoms with Crippen LogP contribution < -0.4 is 4.72 Å². The van der Waals surface area contributed by atoms with Crippen molar-refractivity contribution in [2.75, 3.05) is 12.4 Å². The number of carbonyl (C=O) groups is 1. The van der Waals surface area contributed by atoms with Crippen molar-refractivity contribution in [3.05, 3.63) is 0 Å². The Balaban J connectivity index is 1.75. The van der Waals surface area contributed by atoms with E-state index in [4.69, 9.17) is 4.74 Å². The van der Waals surface area contributed by atoms with Crippen LogP contribution in [0.1, 0.15) is 52.9 Å². The summed E-state index contributed by atoms with van der Waals surface area (Å²) in [5.74, 6) is 0.411. The molecule has 3 fully saturated rings. The van der Waals surface area contributed by atoms with Gasteiger partial charge in [0.2, 0.25) is 10.0 Å². The summed E-state index contributed by atoms with van der Waals surface area (Å²) in [5.41, 5.74) is -0.911. The van der Waals surface area contributed by atoms with Crippen LogP contribution in [0, 0.1) is 16.7 Å². The number of hydrogen-bond acceptors (Lipinski definition) is 4. The molecule has 0 spiro atoms. The number of carbonyl (C=O) groups excluding carboxylic acids is 1. The van der Waals surface area contributed by atoms with Crippen LogP contribution in [-0.4, -0.2) is 38.7 Å². The van der Waals surface area contributed by atoms with Gasteiger partial charge in [-0.15, -0.1) is 0 Å². The Labute approximate surface area is 133 Å². The molecule has 2 bridgehead atoms. The van der Waals surface area contributed by atoms with Crippen LogP contribution in [-0.2, 0) is 19.6 Å². The quantitative estimate of drug-likeness (QED) is 0.836. The second kappa shape index (κ2) is 5.28. The third kappa shape index (κ3) is 2.43. The number of hydrogen-bond donors (Lipinski definition) is 1. The van der Waals surface area contributed by atoms with Crippen LogP contribution in [0.25, 0.3) is 0 Å². The SMILES string of the molecule is C[C@H](NS(=O)(=O)C[C@@]12CC[C@@H](CC1=O)C2(C)C)[C@@H]1CCCO1. The Kier molecular flexibility index (Phi) is 3.94. The maximum atomic E-state index is 12.7. The standard InChI is InChI=1S/C16H27NO4S/c1-11(13-5-4-8-21-13)17-22(19,20)10-16-7-6-12(9-14(16)18)15(16,2)3/h11-13,17H,4-10H2,1-3H3/t11-,12-,13-,16-/m0/s1. The Hall–Kier alpha value is -0.460. The maximum absolute atomic E-state index is 12.7. The van der Waals surface area contributed by atoms with Gasteiger partial charge in [0, 0.05) is 24.5 Å². The molecule has 3 rings (SSSR count). The molecule has 2 saturated carbocycles. The van der Waals surface area contributed by atoms with E-state index in [1.807, 2.05) is 6.92 Å². The minimum Gasteiger partial charge on any atom is -0.377 e. The molecule has 4 atom stereocenters. The fraction of sp³-hybridized carbons (Fsp3) is 0.938. The summed E-state index contributed by atoms with van der Waals surface area (Å²) in [6.07, 6.45) is 4.05. The molecule has 5 nitrogen and oxygen atoms in total. The number of nitrogens with one attached hydrogen (secondary N) is 1. The monoisotopic (exact) mass is 329 g/mol. The lowest BCUT2D eigenvalue weighted by atomic mass is 9.70. The van der Waals surface area contributed by atoms with Crippen molar-refractivity contribution in [2.24, 2.45) is 16.7 Å². The Morgan fingerprint density at radius 2 is 2.09 bits per heavy atom. The van der Waals surface area contributed by atoms with Crippen molar-refractivity contribution >= 4 is 15.8 Å². The molecule has 6 heteroatoms. The Bertz CT molecular complexity index is 565. The average molecular weight is 329 g/mol. The Morgan fingerprint density at radius 1 is 1.36 bits per heavy atom. The summed E-state index contributed by atoms with van der Waals surface area (Å²) in [5, 5.41) is 0. The van der Waals surface area contributed by atoms with E-state index in [2.05, 4.69) is 18.6 Å². The van der Waals surface area contributed by atoms with Gasteiger partial charge < -0.3 is 4.74 Å². The van der Waals surface area contributed by atoms with Crippen LogP contribution in [0.5, 0.6) is 0 Å². The lowest BCUT2D eigenvalue weighted by Gasteiger charge is -2.36. The summed E-state index contributed by atoms with van der Waals surface area (Å²) in [6, 6.07) is -0.235. The number of rotatable bonds is 5.